The van der Waals surface area contributed by atoms with E-state index in [-0.39, 0.29) is 5.91 Å². The quantitative estimate of drug-likeness (QED) is 0.385. The number of aromatic nitrogens is 4. The molecule has 0 aliphatic rings. The number of ether oxygens (including phenoxy) is 2. The lowest BCUT2D eigenvalue weighted by atomic mass is 10.2. The normalized spacial score (nSPS) is 12.0. The first kappa shape index (κ1) is 22.3. The molecule has 166 valence electrons. The number of carbonyl (C=O) groups excluding carboxylic acids is 1. The van der Waals surface area contributed by atoms with Gasteiger partial charge in [-0.1, -0.05) is 41.5 Å². The Labute approximate surface area is 198 Å². The summed E-state index contributed by atoms with van der Waals surface area (Å²) in [7, 11) is 1.54. The van der Waals surface area contributed by atoms with Gasteiger partial charge < -0.3 is 14.8 Å². The van der Waals surface area contributed by atoms with Crippen LogP contribution in [-0.2, 0) is 11.2 Å². The number of benzene rings is 2. The van der Waals surface area contributed by atoms with Crippen LogP contribution >= 0.6 is 34.5 Å². The van der Waals surface area contributed by atoms with Crippen LogP contribution in [0.4, 0.5) is 5.69 Å². The lowest BCUT2D eigenvalue weighted by Crippen LogP contribution is -2.30. The average Bonchev–Trinajstić information content (AvgIpc) is 3.36. The third-order valence-corrected chi connectivity index (χ3v) is 6.12. The molecule has 4 rings (SSSR count). The van der Waals surface area contributed by atoms with E-state index in [1.54, 1.807) is 41.8 Å². The lowest BCUT2D eigenvalue weighted by molar-refractivity contribution is -0.122. The zero-order valence-electron chi connectivity index (χ0n) is 17.4. The molecule has 4 aromatic rings. The van der Waals surface area contributed by atoms with Gasteiger partial charge >= 0.3 is 0 Å². The van der Waals surface area contributed by atoms with E-state index in [2.05, 4.69) is 20.6 Å². The van der Waals surface area contributed by atoms with Crippen LogP contribution in [0.2, 0.25) is 10.0 Å². The van der Waals surface area contributed by atoms with Crippen molar-refractivity contribution in [2.24, 2.45) is 0 Å². The molecule has 2 aromatic carbocycles. The first-order chi connectivity index (χ1) is 15.4. The second-order valence-corrected chi connectivity index (χ2v) is 8.61. The van der Waals surface area contributed by atoms with E-state index < -0.39 is 6.10 Å². The highest BCUT2D eigenvalue weighted by Gasteiger charge is 2.20. The molecule has 0 bridgehead atoms. The van der Waals surface area contributed by atoms with Gasteiger partial charge in [-0.15, -0.1) is 10.2 Å². The van der Waals surface area contributed by atoms with Crippen LogP contribution < -0.4 is 14.8 Å². The maximum absolute atomic E-state index is 12.8. The number of rotatable bonds is 7. The lowest BCUT2D eigenvalue weighted by Gasteiger charge is -2.17. The molecule has 0 aliphatic carbocycles. The van der Waals surface area contributed by atoms with E-state index in [1.165, 1.54) is 18.4 Å². The molecule has 2 aromatic heterocycles. The molecular weight excluding hydrogens is 473 g/mol. The minimum atomic E-state index is -0.816. The van der Waals surface area contributed by atoms with E-state index >= 15 is 0 Å². The molecule has 2 heterocycles. The van der Waals surface area contributed by atoms with Gasteiger partial charge in [0.05, 0.1) is 17.8 Å². The Bertz CT molecular complexity index is 1290. The summed E-state index contributed by atoms with van der Waals surface area (Å²) in [4.78, 5) is 13.5. The van der Waals surface area contributed by atoms with Crippen LogP contribution in [0.1, 0.15) is 19.7 Å². The van der Waals surface area contributed by atoms with Crippen molar-refractivity contribution in [3.8, 4) is 22.1 Å². The van der Waals surface area contributed by atoms with Crippen molar-refractivity contribution in [3.05, 3.63) is 52.3 Å². The monoisotopic (exact) mass is 491 g/mol. The number of nitrogens with zero attached hydrogens (tertiary/aromatic N) is 4. The zero-order valence-corrected chi connectivity index (χ0v) is 19.8. The minimum absolute atomic E-state index is 0.325. The van der Waals surface area contributed by atoms with E-state index in [4.69, 9.17) is 32.7 Å². The molecule has 0 saturated carbocycles. The third kappa shape index (κ3) is 4.50. The zero-order chi connectivity index (χ0) is 22.8. The van der Waals surface area contributed by atoms with Gasteiger partial charge in [0, 0.05) is 17.0 Å². The Balaban J connectivity index is 1.56. The van der Waals surface area contributed by atoms with E-state index in [0.717, 1.165) is 22.8 Å². The number of methoxy groups -OCH3 is 1. The molecule has 0 aliphatic heterocycles. The fourth-order valence-electron chi connectivity index (χ4n) is 2.98. The van der Waals surface area contributed by atoms with Gasteiger partial charge in [0.25, 0.3) is 5.91 Å². The summed E-state index contributed by atoms with van der Waals surface area (Å²) in [5.74, 6) is 1.30. The number of hydrogen-bond acceptors (Lipinski definition) is 7. The van der Waals surface area contributed by atoms with Crippen molar-refractivity contribution in [3.63, 3.8) is 0 Å². The van der Waals surface area contributed by atoms with Gasteiger partial charge in [0.15, 0.2) is 11.9 Å². The van der Waals surface area contributed by atoms with Crippen LogP contribution in [0, 0.1) is 0 Å². The Kier molecular flexibility index (Phi) is 6.50. The molecule has 0 spiro atoms. The van der Waals surface area contributed by atoms with Crippen LogP contribution in [0.5, 0.6) is 11.5 Å². The number of anilines is 1. The molecule has 0 radical (unpaired) electrons. The van der Waals surface area contributed by atoms with Crippen molar-refractivity contribution in [2.75, 3.05) is 12.4 Å². The molecule has 32 heavy (non-hydrogen) atoms. The predicted molar refractivity (Wildman–Crippen MR) is 125 cm³/mol. The summed E-state index contributed by atoms with van der Waals surface area (Å²) in [6.45, 7) is 3.63. The molecule has 1 atom stereocenters. The largest absolute Gasteiger partial charge is 0.495 e. The average molecular weight is 492 g/mol. The molecule has 11 heteroatoms. The number of halogens is 2. The number of nitrogens with one attached hydrogen (secondary N) is 1. The van der Waals surface area contributed by atoms with Crippen molar-refractivity contribution in [1.82, 2.24) is 19.8 Å². The van der Waals surface area contributed by atoms with Gasteiger partial charge in [0.1, 0.15) is 16.5 Å². The molecule has 0 fully saturated rings. The standard InChI is InChI=1S/C21H19Cl2N5O3S/c1-4-18-25-26-21-28(18)27-20(32-21)12-5-7-17(30-3)15(9-12)24-19(29)11(2)31-16-8-6-13(22)10-14(16)23/h5-11H,4H2,1-3H3,(H,24,29)/t11-/m0/s1. The van der Waals surface area contributed by atoms with Crippen LogP contribution in [0.25, 0.3) is 15.5 Å². The minimum Gasteiger partial charge on any atom is -0.495 e. The Hall–Kier alpha value is -2.88. The maximum Gasteiger partial charge on any atom is 0.265 e. The summed E-state index contributed by atoms with van der Waals surface area (Å²) < 4.78 is 12.8. The van der Waals surface area contributed by atoms with E-state index in [1.807, 2.05) is 13.0 Å². The van der Waals surface area contributed by atoms with Crippen molar-refractivity contribution in [1.29, 1.82) is 0 Å². The molecule has 1 N–H and O–H groups in total. The highest BCUT2D eigenvalue weighted by molar-refractivity contribution is 7.19. The van der Waals surface area contributed by atoms with Gasteiger partial charge in [-0.05, 0) is 43.3 Å². The number of fused-ring (bicyclic) bond motifs is 1. The van der Waals surface area contributed by atoms with Crippen LogP contribution in [-0.4, -0.2) is 38.9 Å². The SMILES string of the molecule is CCc1nnc2sc(-c3ccc(OC)c(NC(=O)[C@H](C)Oc4ccc(Cl)cc4Cl)c3)nn12. The molecule has 0 unspecified atom stereocenters. The topological polar surface area (TPSA) is 90.6 Å². The third-order valence-electron chi connectivity index (χ3n) is 4.64. The molecule has 1 amide bonds. The van der Waals surface area contributed by atoms with Gasteiger partial charge in [0.2, 0.25) is 4.96 Å². The van der Waals surface area contributed by atoms with Crippen LogP contribution in [0.15, 0.2) is 36.4 Å². The number of hydrogen-bond donors (Lipinski definition) is 1. The van der Waals surface area contributed by atoms with Crippen molar-refractivity contribution >= 4 is 51.1 Å². The Morgan fingerprint density at radius 1 is 1.19 bits per heavy atom. The fourth-order valence-corrected chi connectivity index (χ4v) is 4.29. The predicted octanol–water partition coefficient (Wildman–Crippen LogP) is 5.14. The van der Waals surface area contributed by atoms with Crippen LogP contribution in [0.3, 0.4) is 0 Å². The smallest absolute Gasteiger partial charge is 0.265 e. The second kappa shape index (κ2) is 9.32. The summed E-state index contributed by atoms with van der Waals surface area (Å²) in [6.07, 6.45) is -0.0903. The molecule has 0 saturated heterocycles. The first-order valence-electron chi connectivity index (χ1n) is 9.71. The van der Waals surface area contributed by atoms with Gasteiger partial charge in [-0.25, -0.2) is 0 Å². The molecule has 8 nitrogen and oxygen atoms in total. The Morgan fingerprint density at radius 3 is 2.69 bits per heavy atom. The summed E-state index contributed by atoms with van der Waals surface area (Å²) in [6, 6.07) is 10.3. The highest BCUT2D eigenvalue weighted by Crippen LogP contribution is 2.33. The maximum atomic E-state index is 12.8. The number of aryl methyl sites for hydroxylation is 1. The summed E-state index contributed by atoms with van der Waals surface area (Å²) >= 11 is 13.5. The number of amides is 1. The second-order valence-electron chi connectivity index (χ2n) is 6.81. The molecular formula is C21H19Cl2N5O3S. The first-order valence-corrected chi connectivity index (χ1v) is 11.3. The van der Waals surface area contributed by atoms with Crippen molar-refractivity contribution < 1.29 is 14.3 Å². The summed E-state index contributed by atoms with van der Waals surface area (Å²) in [5, 5.41) is 17.3. The van der Waals surface area contributed by atoms with E-state index in [0.29, 0.717) is 32.2 Å². The van der Waals surface area contributed by atoms with Gasteiger partial charge in [-0.3, -0.25) is 4.79 Å². The van der Waals surface area contributed by atoms with Gasteiger partial charge in [-0.2, -0.15) is 9.61 Å². The summed E-state index contributed by atoms with van der Waals surface area (Å²) in [5.41, 5.74) is 1.31. The van der Waals surface area contributed by atoms with E-state index in [9.17, 15) is 4.79 Å². The highest BCUT2D eigenvalue weighted by atomic mass is 35.5. The number of carbonyl (C=O) groups is 1. The van der Waals surface area contributed by atoms with Crippen molar-refractivity contribution in [2.45, 2.75) is 26.4 Å². The fraction of sp³-hybridized carbons (Fsp3) is 0.238. The Morgan fingerprint density at radius 2 is 1.97 bits per heavy atom.